The van der Waals surface area contributed by atoms with E-state index in [1.165, 1.54) is 0 Å². The SMILES string of the molecule is O=C(Oc1ccccc1I)c1ccccc1. The summed E-state index contributed by atoms with van der Waals surface area (Å²) in [5, 5.41) is 0. The quantitative estimate of drug-likeness (QED) is 0.480. The lowest BCUT2D eigenvalue weighted by atomic mass is 10.2. The van der Waals surface area contributed by atoms with Crippen LogP contribution in [0, 0.1) is 3.57 Å². The molecular weight excluding hydrogens is 315 g/mol. The number of carbonyl (C=O) groups excluding carboxylic acids is 1. The first-order chi connectivity index (χ1) is 7.77. The first-order valence-electron chi connectivity index (χ1n) is 4.79. The van der Waals surface area contributed by atoms with Gasteiger partial charge in [0.05, 0.1) is 9.13 Å². The molecule has 2 nitrogen and oxygen atoms in total. The molecule has 0 radical (unpaired) electrons. The summed E-state index contributed by atoms with van der Waals surface area (Å²) in [6.07, 6.45) is 0. The number of carbonyl (C=O) groups is 1. The van der Waals surface area contributed by atoms with Gasteiger partial charge in [0.1, 0.15) is 5.75 Å². The lowest BCUT2D eigenvalue weighted by Crippen LogP contribution is -2.08. The van der Waals surface area contributed by atoms with Crippen LogP contribution in [0.1, 0.15) is 10.4 Å². The van der Waals surface area contributed by atoms with Gasteiger partial charge in [-0.25, -0.2) is 4.79 Å². The van der Waals surface area contributed by atoms with Gasteiger partial charge in [0, 0.05) is 0 Å². The number of esters is 1. The first kappa shape index (κ1) is 11.1. The number of halogens is 1. The Morgan fingerprint density at radius 1 is 0.938 bits per heavy atom. The van der Waals surface area contributed by atoms with Crippen LogP contribution in [0.5, 0.6) is 5.75 Å². The van der Waals surface area contributed by atoms with Crippen molar-refractivity contribution in [1.82, 2.24) is 0 Å². The van der Waals surface area contributed by atoms with Gasteiger partial charge in [0.25, 0.3) is 0 Å². The van der Waals surface area contributed by atoms with Gasteiger partial charge in [0.2, 0.25) is 0 Å². The van der Waals surface area contributed by atoms with E-state index in [0.717, 1.165) is 3.57 Å². The maximum absolute atomic E-state index is 11.7. The molecule has 0 heterocycles. The Kier molecular flexibility index (Phi) is 3.56. The van der Waals surface area contributed by atoms with E-state index in [1.54, 1.807) is 18.2 Å². The highest BCUT2D eigenvalue weighted by molar-refractivity contribution is 14.1. The molecule has 2 aromatic rings. The van der Waals surface area contributed by atoms with Crippen LogP contribution in [0.4, 0.5) is 0 Å². The Hall–Kier alpha value is -1.36. The molecule has 80 valence electrons. The maximum atomic E-state index is 11.7. The molecule has 16 heavy (non-hydrogen) atoms. The van der Waals surface area contributed by atoms with Gasteiger partial charge in [-0.2, -0.15) is 0 Å². The molecule has 0 amide bonds. The summed E-state index contributed by atoms with van der Waals surface area (Å²) in [6, 6.07) is 16.4. The molecule has 0 saturated heterocycles. The molecule has 3 heteroatoms. The van der Waals surface area contributed by atoms with E-state index in [-0.39, 0.29) is 5.97 Å². The van der Waals surface area contributed by atoms with Crippen LogP contribution in [0.3, 0.4) is 0 Å². The number of hydrogen-bond acceptors (Lipinski definition) is 2. The van der Waals surface area contributed by atoms with E-state index in [0.29, 0.717) is 11.3 Å². The summed E-state index contributed by atoms with van der Waals surface area (Å²) in [5.74, 6) is 0.265. The molecule has 0 unspecified atom stereocenters. The average molecular weight is 324 g/mol. The zero-order valence-electron chi connectivity index (χ0n) is 8.39. The predicted molar refractivity (Wildman–Crippen MR) is 70.6 cm³/mol. The molecule has 0 aliphatic carbocycles. The molecule has 2 rings (SSSR count). The van der Waals surface area contributed by atoms with Gasteiger partial charge >= 0.3 is 5.97 Å². The largest absolute Gasteiger partial charge is 0.422 e. The number of para-hydroxylation sites is 1. The molecule has 0 aliphatic rings. The van der Waals surface area contributed by atoms with Crippen molar-refractivity contribution in [3.05, 3.63) is 63.7 Å². The lowest BCUT2D eigenvalue weighted by molar-refractivity contribution is 0.0733. The van der Waals surface area contributed by atoms with Gasteiger partial charge in [-0.1, -0.05) is 30.3 Å². The van der Waals surface area contributed by atoms with Crippen LogP contribution in [0.15, 0.2) is 54.6 Å². The fourth-order valence-electron chi connectivity index (χ4n) is 1.26. The van der Waals surface area contributed by atoms with E-state index < -0.39 is 0 Å². The van der Waals surface area contributed by atoms with E-state index >= 15 is 0 Å². The second-order valence-corrected chi connectivity index (χ2v) is 4.35. The first-order valence-corrected chi connectivity index (χ1v) is 5.87. The number of hydrogen-bond donors (Lipinski definition) is 0. The monoisotopic (exact) mass is 324 g/mol. The third-order valence-electron chi connectivity index (χ3n) is 2.05. The van der Waals surface area contributed by atoms with Crippen molar-refractivity contribution in [3.8, 4) is 5.75 Å². The minimum atomic E-state index is -0.329. The Morgan fingerprint density at radius 2 is 1.56 bits per heavy atom. The molecular formula is C13H9IO2. The minimum absolute atomic E-state index is 0.329. The van der Waals surface area contributed by atoms with Crippen molar-refractivity contribution in [1.29, 1.82) is 0 Å². The fourth-order valence-corrected chi connectivity index (χ4v) is 1.76. The van der Waals surface area contributed by atoms with Gasteiger partial charge in [-0.15, -0.1) is 0 Å². The Labute approximate surface area is 107 Å². The third kappa shape index (κ3) is 2.61. The molecule has 2 aromatic carbocycles. The van der Waals surface area contributed by atoms with Crippen LogP contribution < -0.4 is 4.74 Å². The second-order valence-electron chi connectivity index (χ2n) is 3.19. The van der Waals surface area contributed by atoms with Gasteiger partial charge < -0.3 is 4.74 Å². The smallest absolute Gasteiger partial charge is 0.343 e. The lowest BCUT2D eigenvalue weighted by Gasteiger charge is -2.05. The Balaban J connectivity index is 2.18. The standard InChI is InChI=1S/C13H9IO2/c14-11-8-4-5-9-12(11)16-13(15)10-6-2-1-3-7-10/h1-9H. The van der Waals surface area contributed by atoms with E-state index in [1.807, 2.05) is 36.4 Å². The number of benzene rings is 2. The van der Waals surface area contributed by atoms with Gasteiger partial charge in [-0.3, -0.25) is 0 Å². The topological polar surface area (TPSA) is 26.3 Å². The zero-order valence-corrected chi connectivity index (χ0v) is 10.5. The van der Waals surface area contributed by atoms with Crippen LogP contribution in [0.2, 0.25) is 0 Å². The van der Waals surface area contributed by atoms with Crippen molar-refractivity contribution in [3.63, 3.8) is 0 Å². The van der Waals surface area contributed by atoms with E-state index in [4.69, 9.17) is 4.74 Å². The van der Waals surface area contributed by atoms with Crippen LogP contribution in [0.25, 0.3) is 0 Å². The molecule has 0 saturated carbocycles. The van der Waals surface area contributed by atoms with Crippen LogP contribution in [-0.2, 0) is 0 Å². The molecule has 0 bridgehead atoms. The molecule has 0 atom stereocenters. The zero-order chi connectivity index (χ0) is 11.4. The van der Waals surface area contributed by atoms with Crippen molar-refractivity contribution in [2.24, 2.45) is 0 Å². The van der Waals surface area contributed by atoms with Crippen LogP contribution >= 0.6 is 22.6 Å². The van der Waals surface area contributed by atoms with Crippen molar-refractivity contribution in [2.45, 2.75) is 0 Å². The van der Waals surface area contributed by atoms with Crippen molar-refractivity contribution >= 4 is 28.6 Å². The summed E-state index contributed by atoms with van der Waals surface area (Å²) in [4.78, 5) is 11.7. The maximum Gasteiger partial charge on any atom is 0.343 e. The second kappa shape index (κ2) is 5.12. The summed E-state index contributed by atoms with van der Waals surface area (Å²) in [5.41, 5.74) is 0.558. The summed E-state index contributed by atoms with van der Waals surface area (Å²) < 4.78 is 6.21. The molecule has 0 N–H and O–H groups in total. The summed E-state index contributed by atoms with van der Waals surface area (Å²) in [7, 11) is 0. The highest BCUT2D eigenvalue weighted by Crippen LogP contribution is 2.20. The summed E-state index contributed by atoms with van der Waals surface area (Å²) in [6.45, 7) is 0. The molecule has 0 aliphatic heterocycles. The summed E-state index contributed by atoms with van der Waals surface area (Å²) >= 11 is 2.14. The molecule has 0 fully saturated rings. The highest BCUT2D eigenvalue weighted by atomic mass is 127. The van der Waals surface area contributed by atoms with E-state index in [9.17, 15) is 4.79 Å². The number of ether oxygens (including phenoxy) is 1. The van der Waals surface area contributed by atoms with Crippen molar-refractivity contribution in [2.75, 3.05) is 0 Å². The van der Waals surface area contributed by atoms with Crippen LogP contribution in [-0.4, -0.2) is 5.97 Å². The third-order valence-corrected chi connectivity index (χ3v) is 2.94. The fraction of sp³-hybridized carbons (Fsp3) is 0. The van der Waals surface area contributed by atoms with Gasteiger partial charge in [-0.05, 0) is 46.9 Å². The molecule has 0 aromatic heterocycles. The van der Waals surface area contributed by atoms with Crippen molar-refractivity contribution < 1.29 is 9.53 Å². The highest BCUT2D eigenvalue weighted by Gasteiger charge is 2.09. The predicted octanol–water partition coefficient (Wildman–Crippen LogP) is 3.51. The Bertz CT molecular complexity index is 494. The average Bonchev–Trinajstić information content (AvgIpc) is 2.33. The Morgan fingerprint density at radius 3 is 2.25 bits per heavy atom. The normalized spacial score (nSPS) is 9.81. The number of rotatable bonds is 2. The minimum Gasteiger partial charge on any atom is -0.422 e. The molecule has 0 spiro atoms. The van der Waals surface area contributed by atoms with Gasteiger partial charge in [0.15, 0.2) is 0 Å². The van der Waals surface area contributed by atoms with E-state index in [2.05, 4.69) is 22.6 Å².